The maximum Gasteiger partial charge on any atom is 0.261 e. The molecule has 626 valence electrons. The van der Waals surface area contributed by atoms with Gasteiger partial charge in [-0.25, -0.2) is 0 Å². The third-order valence-corrected chi connectivity index (χ3v) is 35.1. The summed E-state index contributed by atoms with van der Waals surface area (Å²) < 4.78 is 0. The van der Waals surface area contributed by atoms with Crippen LogP contribution in [0.15, 0.2) is 83.9 Å². The lowest BCUT2D eigenvalue weighted by atomic mass is 9.90. The molecule has 0 aliphatic carbocycles. The van der Waals surface area contributed by atoms with Gasteiger partial charge in [0, 0.05) is 81.4 Å². The van der Waals surface area contributed by atoms with E-state index in [1.807, 2.05) is 68.0 Å². The van der Waals surface area contributed by atoms with Gasteiger partial charge in [-0.3, -0.25) is 9.59 Å². The summed E-state index contributed by atoms with van der Waals surface area (Å²) in [6.07, 6.45) is 53.6. The van der Waals surface area contributed by atoms with Crippen molar-refractivity contribution in [2.45, 2.75) is 390 Å². The van der Waals surface area contributed by atoms with Crippen LogP contribution in [0, 0.1) is 11.8 Å². The Bertz CT molecular complexity index is 4250. The third kappa shape index (κ3) is 25.6. The number of hydrogen-bond donors (Lipinski definition) is 0. The molecular formula is C102H148N2O2S8. The van der Waals surface area contributed by atoms with Crippen LogP contribution >= 0.6 is 90.7 Å². The lowest BCUT2D eigenvalue weighted by molar-refractivity contribution is -0.124. The number of amides is 2. The Hall–Kier alpha value is -3.98. The van der Waals surface area contributed by atoms with Crippen molar-refractivity contribution in [3.8, 4) is 58.5 Å². The number of carbonyl (C=O) groups is 2. The quantitative estimate of drug-likeness (QED) is 0.0357. The molecule has 0 spiro atoms. The smallest absolute Gasteiger partial charge is 0.261 e. The van der Waals surface area contributed by atoms with Crippen LogP contribution in [0.3, 0.4) is 0 Å². The van der Waals surface area contributed by atoms with E-state index in [2.05, 4.69) is 202 Å². The molecule has 2 amide bonds. The molecule has 8 aromatic rings. The van der Waals surface area contributed by atoms with Crippen molar-refractivity contribution >= 4 is 114 Å². The first kappa shape index (κ1) is 92.3. The Kier molecular flexibility index (Phi) is 38.3. The summed E-state index contributed by atoms with van der Waals surface area (Å²) in [7, 11) is 0. The average molecular weight is 1690 g/mol. The SMILES string of the molecule is CCCCCCCCC(CCCCCC)CN1C(=O)C2=C(c3ccc(-c4cc(CCCCCC)c(C(C)(C)C)s4)s3)N(CC(CCCCCC)CCCCCCCC)C(=O)C2=C1c1ccc(-c2cc(CCCCCC)c(-c3ccc(-c4cc(CCCCCC)c(-c5sc(-c6ccc(C(C)(C)C)s6)cc5CCCCCC)s4)s3)s2)s1. The zero-order valence-electron chi connectivity index (χ0n) is 73.6. The van der Waals surface area contributed by atoms with E-state index in [1.54, 1.807) is 5.56 Å². The first-order valence-electron chi connectivity index (χ1n) is 46.4. The summed E-state index contributed by atoms with van der Waals surface area (Å²) in [5, 5.41) is 0. The number of thiophene rings is 8. The molecule has 2 unspecified atom stereocenters. The molecule has 2 aliphatic rings. The van der Waals surface area contributed by atoms with Crippen molar-refractivity contribution in [2.75, 3.05) is 13.1 Å². The van der Waals surface area contributed by atoms with Crippen molar-refractivity contribution in [3.63, 3.8) is 0 Å². The molecule has 0 saturated heterocycles. The largest absolute Gasteiger partial charge is 0.306 e. The molecule has 114 heavy (non-hydrogen) atoms. The minimum atomic E-state index is 0.0332. The van der Waals surface area contributed by atoms with Crippen LogP contribution in [0.5, 0.6) is 0 Å². The van der Waals surface area contributed by atoms with Crippen LogP contribution in [0.4, 0.5) is 0 Å². The zero-order chi connectivity index (χ0) is 81.0. The maximum atomic E-state index is 16.7. The van der Waals surface area contributed by atoms with Gasteiger partial charge in [0.1, 0.15) is 0 Å². The molecule has 0 bridgehead atoms. The minimum absolute atomic E-state index is 0.0332. The Balaban J connectivity index is 1.08. The Labute approximate surface area is 726 Å². The van der Waals surface area contributed by atoms with Gasteiger partial charge in [-0.15, -0.1) is 90.7 Å². The van der Waals surface area contributed by atoms with E-state index in [0.29, 0.717) is 36.1 Å². The summed E-state index contributed by atoms with van der Waals surface area (Å²) in [6, 6.07) is 29.2. The number of unbranched alkanes of at least 4 members (excludes halogenated alkanes) is 28. The fraction of sp³-hybridized carbons (Fsp3) is 0.627. The van der Waals surface area contributed by atoms with Gasteiger partial charge in [-0.2, -0.15) is 0 Å². The molecule has 0 N–H and O–H groups in total. The van der Waals surface area contributed by atoms with E-state index < -0.39 is 0 Å². The molecule has 2 aliphatic heterocycles. The summed E-state index contributed by atoms with van der Waals surface area (Å²) in [6.45, 7) is 34.1. The summed E-state index contributed by atoms with van der Waals surface area (Å²) >= 11 is 15.7. The average Bonchev–Trinajstić information content (AvgIpc) is 1.55. The van der Waals surface area contributed by atoms with E-state index in [4.69, 9.17) is 0 Å². The van der Waals surface area contributed by atoms with Crippen LogP contribution in [0.1, 0.15) is 396 Å². The Morgan fingerprint density at radius 2 is 0.553 bits per heavy atom. The third-order valence-electron chi connectivity index (χ3n) is 24.1. The Morgan fingerprint density at radius 3 is 0.921 bits per heavy atom. The van der Waals surface area contributed by atoms with E-state index >= 15 is 9.59 Å². The molecule has 0 fully saturated rings. The Morgan fingerprint density at radius 1 is 0.272 bits per heavy atom. The van der Waals surface area contributed by atoms with Gasteiger partial charge in [0.15, 0.2) is 0 Å². The molecule has 8 aromatic heterocycles. The molecular weight excluding hydrogens is 1540 g/mol. The number of carbonyl (C=O) groups excluding carboxylic acids is 2. The molecule has 10 heterocycles. The van der Waals surface area contributed by atoms with Gasteiger partial charge in [0.05, 0.1) is 32.3 Å². The predicted octanol–water partition coefficient (Wildman–Crippen LogP) is 35.7. The highest BCUT2D eigenvalue weighted by Crippen LogP contribution is 2.55. The van der Waals surface area contributed by atoms with Gasteiger partial charge in [0.25, 0.3) is 11.8 Å². The van der Waals surface area contributed by atoms with Crippen LogP contribution in [0.25, 0.3) is 69.9 Å². The van der Waals surface area contributed by atoms with Crippen molar-refractivity contribution in [1.82, 2.24) is 9.80 Å². The number of rotatable bonds is 56. The van der Waals surface area contributed by atoms with E-state index in [1.165, 1.54) is 316 Å². The van der Waals surface area contributed by atoms with E-state index in [-0.39, 0.29) is 22.6 Å². The molecule has 0 aromatic carbocycles. The number of nitrogens with zero attached hydrogens (tertiary/aromatic N) is 2. The molecule has 0 radical (unpaired) electrons. The van der Waals surface area contributed by atoms with Crippen LogP contribution in [-0.4, -0.2) is 34.7 Å². The highest BCUT2D eigenvalue weighted by atomic mass is 32.1. The van der Waals surface area contributed by atoms with E-state index in [0.717, 1.165) is 72.5 Å². The normalized spacial score (nSPS) is 14.1. The van der Waals surface area contributed by atoms with Crippen molar-refractivity contribution < 1.29 is 9.59 Å². The van der Waals surface area contributed by atoms with Gasteiger partial charge >= 0.3 is 0 Å². The van der Waals surface area contributed by atoms with Crippen LogP contribution < -0.4 is 0 Å². The second-order valence-corrected chi connectivity index (χ2v) is 44.6. The van der Waals surface area contributed by atoms with Gasteiger partial charge in [-0.1, -0.05) is 302 Å². The first-order valence-corrected chi connectivity index (χ1v) is 53.0. The van der Waals surface area contributed by atoms with Gasteiger partial charge in [0.2, 0.25) is 0 Å². The lowest BCUT2D eigenvalue weighted by Gasteiger charge is -2.29. The summed E-state index contributed by atoms with van der Waals surface area (Å²) in [5.41, 5.74) is 9.31. The standard InChI is InChI=1S/C102H148N2O2S8/c1-15-23-31-39-41-45-53-73(51-43-33-25-17-3)71-103-93(91-92(100(103)106)94(104(99(91)105)72-74(52-44-34-26-18-4)54-46-42-40-32-24-16-2)84-63-60-81(108-84)89-70-78(58-50-38-30-22-8)98(114-89)102(12,13)14)83-62-59-79(107-83)86-67-75(55-47-35-27-19-5)95(111-86)85-64-61-80(109-85)87-68-76(56-48-36-28-20-6)96(112-87)97-77(57-49-37-29-21-7)69-88(113-97)82-65-66-90(110-82)101(9,10)11/h59-70,73-74H,15-58,71-72H2,1-14H3. The number of aryl methyl sites for hydroxylation is 4. The molecule has 0 saturated carbocycles. The van der Waals surface area contributed by atoms with Gasteiger partial charge < -0.3 is 9.80 Å². The summed E-state index contributed by atoms with van der Waals surface area (Å²) in [4.78, 5) is 59.4. The second kappa shape index (κ2) is 47.3. The molecule has 10 rings (SSSR count). The monoisotopic (exact) mass is 1690 g/mol. The number of hydrogen-bond acceptors (Lipinski definition) is 10. The highest BCUT2D eigenvalue weighted by molar-refractivity contribution is 7.31. The maximum absolute atomic E-state index is 16.7. The minimum Gasteiger partial charge on any atom is -0.306 e. The first-order chi connectivity index (χ1) is 55.4. The van der Waals surface area contributed by atoms with E-state index in [9.17, 15) is 0 Å². The lowest BCUT2D eigenvalue weighted by Crippen LogP contribution is -2.34. The van der Waals surface area contributed by atoms with Crippen LogP contribution in [0.2, 0.25) is 0 Å². The topological polar surface area (TPSA) is 40.6 Å². The fourth-order valence-corrected chi connectivity index (χ4v) is 27.1. The second-order valence-electron chi connectivity index (χ2n) is 36.1. The highest BCUT2D eigenvalue weighted by Gasteiger charge is 2.50. The fourth-order valence-electron chi connectivity index (χ4n) is 17.4. The van der Waals surface area contributed by atoms with Gasteiger partial charge in [-0.05, 0) is 195 Å². The van der Waals surface area contributed by atoms with Crippen molar-refractivity contribution in [3.05, 3.63) is 126 Å². The molecule has 4 nitrogen and oxygen atoms in total. The van der Waals surface area contributed by atoms with Crippen LogP contribution in [-0.2, 0) is 46.1 Å². The zero-order valence-corrected chi connectivity index (χ0v) is 80.1. The summed E-state index contributed by atoms with van der Waals surface area (Å²) in [5.74, 6) is 0.789. The molecule has 2 atom stereocenters. The van der Waals surface area contributed by atoms with Crippen molar-refractivity contribution in [2.24, 2.45) is 11.8 Å². The van der Waals surface area contributed by atoms with Crippen molar-refractivity contribution in [1.29, 1.82) is 0 Å². The number of fused-ring (bicyclic) bond motifs is 1. The predicted molar refractivity (Wildman–Crippen MR) is 515 cm³/mol. The molecule has 12 heteroatoms.